The van der Waals surface area contributed by atoms with Crippen molar-refractivity contribution in [3.05, 3.63) is 77.6 Å². The van der Waals surface area contributed by atoms with Crippen LogP contribution in [0.25, 0.3) is 5.69 Å². The lowest BCUT2D eigenvalue weighted by atomic mass is 10.2. The molecule has 0 unspecified atom stereocenters. The first kappa shape index (κ1) is 15.5. The average Bonchev–Trinajstić information content (AvgIpc) is 2.97. The number of carboxylic acid groups (broad SMARTS) is 1. The minimum atomic E-state index is -1.04. The van der Waals surface area contributed by atoms with Gasteiger partial charge in [0, 0.05) is 5.69 Å². The summed E-state index contributed by atoms with van der Waals surface area (Å²) in [4.78, 5) is 23.4. The summed E-state index contributed by atoms with van der Waals surface area (Å²) in [5.74, 6) is -1.38. The Kier molecular flexibility index (Phi) is 4.11. The van der Waals surface area contributed by atoms with E-state index < -0.39 is 5.97 Å². The van der Waals surface area contributed by atoms with Gasteiger partial charge in [-0.25, -0.2) is 9.48 Å². The molecular weight excluding hydrogens is 306 g/mol. The van der Waals surface area contributed by atoms with Crippen LogP contribution >= 0.6 is 0 Å². The minimum Gasteiger partial charge on any atom is -0.478 e. The summed E-state index contributed by atoms with van der Waals surface area (Å²) in [6.07, 6.45) is 1.50. The highest BCUT2D eigenvalue weighted by molar-refractivity contribution is 6.05. The number of para-hydroxylation sites is 1. The van der Waals surface area contributed by atoms with E-state index in [2.05, 4.69) is 10.4 Å². The van der Waals surface area contributed by atoms with Crippen molar-refractivity contribution in [2.75, 3.05) is 5.32 Å². The maximum atomic E-state index is 12.4. The molecule has 3 aromatic rings. The fourth-order valence-electron chi connectivity index (χ4n) is 2.39. The predicted molar refractivity (Wildman–Crippen MR) is 89.7 cm³/mol. The first-order valence-electron chi connectivity index (χ1n) is 7.31. The van der Waals surface area contributed by atoms with E-state index in [1.54, 1.807) is 16.8 Å². The maximum Gasteiger partial charge on any atom is 0.335 e. The van der Waals surface area contributed by atoms with Crippen molar-refractivity contribution in [1.82, 2.24) is 9.78 Å². The predicted octanol–water partition coefficient (Wildman–Crippen LogP) is 3.13. The van der Waals surface area contributed by atoms with Crippen molar-refractivity contribution < 1.29 is 14.7 Å². The SMILES string of the molecule is Cc1c(C(=O)Nc2cccc(C(=O)O)c2)cnn1-c1ccccc1. The monoisotopic (exact) mass is 321 g/mol. The molecule has 0 atom stereocenters. The lowest BCUT2D eigenvalue weighted by Crippen LogP contribution is -2.13. The molecule has 0 saturated heterocycles. The van der Waals surface area contributed by atoms with Crippen LogP contribution in [0.5, 0.6) is 0 Å². The van der Waals surface area contributed by atoms with E-state index in [9.17, 15) is 9.59 Å². The number of anilines is 1. The van der Waals surface area contributed by atoms with Crippen molar-refractivity contribution >= 4 is 17.6 Å². The van der Waals surface area contributed by atoms with Crippen LogP contribution in [0.4, 0.5) is 5.69 Å². The number of aromatic nitrogens is 2. The van der Waals surface area contributed by atoms with E-state index in [1.807, 2.05) is 37.3 Å². The van der Waals surface area contributed by atoms with Gasteiger partial charge in [0.05, 0.1) is 28.7 Å². The molecule has 0 radical (unpaired) electrons. The Morgan fingerprint density at radius 1 is 1.08 bits per heavy atom. The standard InChI is InChI=1S/C18H15N3O3/c1-12-16(11-19-21(12)15-8-3-2-4-9-15)17(22)20-14-7-5-6-13(10-14)18(23)24/h2-11H,1H3,(H,20,22)(H,23,24). The van der Waals surface area contributed by atoms with Crippen LogP contribution in [0.3, 0.4) is 0 Å². The van der Waals surface area contributed by atoms with Gasteiger partial charge in [-0.05, 0) is 37.3 Å². The largest absolute Gasteiger partial charge is 0.478 e. The number of rotatable bonds is 4. The molecular formula is C18H15N3O3. The quantitative estimate of drug-likeness (QED) is 0.773. The summed E-state index contributed by atoms with van der Waals surface area (Å²) in [5.41, 5.74) is 2.53. The maximum absolute atomic E-state index is 12.4. The molecule has 6 heteroatoms. The summed E-state index contributed by atoms with van der Waals surface area (Å²) < 4.78 is 1.68. The van der Waals surface area contributed by atoms with Crippen LogP contribution in [0.1, 0.15) is 26.4 Å². The zero-order valence-corrected chi connectivity index (χ0v) is 12.9. The van der Waals surface area contributed by atoms with Crippen molar-refractivity contribution in [3.63, 3.8) is 0 Å². The minimum absolute atomic E-state index is 0.115. The molecule has 0 fully saturated rings. The van der Waals surface area contributed by atoms with Crippen LogP contribution in [-0.4, -0.2) is 26.8 Å². The highest BCUT2D eigenvalue weighted by Gasteiger charge is 2.15. The van der Waals surface area contributed by atoms with Gasteiger partial charge in [-0.3, -0.25) is 4.79 Å². The topological polar surface area (TPSA) is 84.2 Å². The number of carboxylic acids is 1. The van der Waals surface area contributed by atoms with Crippen LogP contribution < -0.4 is 5.32 Å². The summed E-state index contributed by atoms with van der Waals surface area (Å²) in [6.45, 7) is 1.81. The van der Waals surface area contributed by atoms with Gasteiger partial charge in [-0.15, -0.1) is 0 Å². The lowest BCUT2D eigenvalue weighted by molar-refractivity contribution is 0.0696. The Morgan fingerprint density at radius 3 is 2.54 bits per heavy atom. The summed E-state index contributed by atoms with van der Waals surface area (Å²) in [7, 11) is 0. The van der Waals surface area contributed by atoms with E-state index in [-0.39, 0.29) is 11.5 Å². The van der Waals surface area contributed by atoms with Crippen LogP contribution in [-0.2, 0) is 0 Å². The van der Waals surface area contributed by atoms with E-state index in [0.717, 1.165) is 5.69 Å². The second-order valence-electron chi connectivity index (χ2n) is 5.23. The lowest BCUT2D eigenvalue weighted by Gasteiger charge is -2.07. The first-order chi connectivity index (χ1) is 11.6. The third-order valence-electron chi connectivity index (χ3n) is 3.62. The van der Waals surface area contributed by atoms with Crippen molar-refractivity contribution in [3.8, 4) is 5.69 Å². The number of hydrogen-bond acceptors (Lipinski definition) is 3. The molecule has 0 aliphatic rings. The molecule has 2 N–H and O–H groups in total. The summed E-state index contributed by atoms with van der Waals surface area (Å²) in [6, 6.07) is 15.6. The van der Waals surface area contributed by atoms with Crippen LogP contribution in [0.15, 0.2) is 60.8 Å². The molecule has 1 amide bonds. The highest BCUT2D eigenvalue weighted by Crippen LogP contribution is 2.17. The number of amides is 1. The first-order valence-corrected chi connectivity index (χ1v) is 7.31. The van der Waals surface area contributed by atoms with Crippen molar-refractivity contribution in [1.29, 1.82) is 0 Å². The van der Waals surface area contributed by atoms with Crippen molar-refractivity contribution in [2.45, 2.75) is 6.92 Å². The molecule has 1 heterocycles. The summed E-state index contributed by atoms with van der Waals surface area (Å²) in [5, 5.41) is 16.0. The zero-order chi connectivity index (χ0) is 17.1. The van der Waals surface area contributed by atoms with E-state index in [4.69, 9.17) is 5.11 Å². The third kappa shape index (κ3) is 3.03. The number of carbonyl (C=O) groups excluding carboxylic acids is 1. The Balaban J connectivity index is 1.85. The Bertz CT molecular complexity index is 901. The molecule has 6 nitrogen and oxygen atoms in total. The van der Waals surface area contributed by atoms with E-state index >= 15 is 0 Å². The molecule has 24 heavy (non-hydrogen) atoms. The number of nitrogens with one attached hydrogen (secondary N) is 1. The van der Waals surface area contributed by atoms with Gasteiger partial charge in [-0.1, -0.05) is 24.3 Å². The Morgan fingerprint density at radius 2 is 1.83 bits per heavy atom. The molecule has 0 aliphatic carbocycles. The molecule has 120 valence electrons. The summed E-state index contributed by atoms with van der Waals surface area (Å²) >= 11 is 0. The number of carbonyl (C=O) groups is 2. The van der Waals surface area contributed by atoms with Crippen LogP contribution in [0, 0.1) is 6.92 Å². The molecule has 0 bridgehead atoms. The molecule has 2 aromatic carbocycles. The molecule has 0 aliphatic heterocycles. The Labute approximate surface area is 138 Å². The number of benzene rings is 2. The van der Waals surface area contributed by atoms with Gasteiger partial charge in [-0.2, -0.15) is 5.10 Å². The van der Waals surface area contributed by atoms with Gasteiger partial charge in [0.1, 0.15) is 0 Å². The van der Waals surface area contributed by atoms with Gasteiger partial charge in [0.2, 0.25) is 0 Å². The smallest absolute Gasteiger partial charge is 0.335 e. The number of aromatic carboxylic acids is 1. The van der Waals surface area contributed by atoms with Gasteiger partial charge < -0.3 is 10.4 Å². The Hall–Kier alpha value is -3.41. The molecule has 1 aromatic heterocycles. The van der Waals surface area contributed by atoms with Crippen molar-refractivity contribution in [2.24, 2.45) is 0 Å². The average molecular weight is 321 g/mol. The second-order valence-corrected chi connectivity index (χ2v) is 5.23. The number of nitrogens with zero attached hydrogens (tertiary/aromatic N) is 2. The molecule has 0 spiro atoms. The second kappa shape index (κ2) is 6.37. The van der Waals surface area contributed by atoms with E-state index in [0.29, 0.717) is 16.9 Å². The van der Waals surface area contributed by atoms with Gasteiger partial charge in [0.25, 0.3) is 5.91 Å². The highest BCUT2D eigenvalue weighted by atomic mass is 16.4. The normalized spacial score (nSPS) is 10.4. The zero-order valence-electron chi connectivity index (χ0n) is 12.9. The van der Waals surface area contributed by atoms with Crippen LogP contribution in [0.2, 0.25) is 0 Å². The fraction of sp³-hybridized carbons (Fsp3) is 0.0556. The molecule has 0 saturated carbocycles. The molecule has 3 rings (SSSR count). The third-order valence-corrected chi connectivity index (χ3v) is 3.62. The number of hydrogen-bond donors (Lipinski definition) is 2. The van der Waals surface area contributed by atoms with Gasteiger partial charge >= 0.3 is 5.97 Å². The van der Waals surface area contributed by atoms with E-state index in [1.165, 1.54) is 18.3 Å². The fourth-order valence-corrected chi connectivity index (χ4v) is 2.39. The van der Waals surface area contributed by atoms with Gasteiger partial charge in [0.15, 0.2) is 0 Å².